The maximum atomic E-state index is 12.9. The van der Waals surface area contributed by atoms with Crippen LogP contribution in [0.1, 0.15) is 22.3 Å². The minimum Gasteiger partial charge on any atom is -0.338 e. The minimum absolute atomic E-state index is 0. The van der Waals surface area contributed by atoms with Crippen LogP contribution in [0.15, 0.2) is 53.7 Å². The van der Waals surface area contributed by atoms with E-state index >= 15 is 0 Å². The molecule has 1 unspecified atom stereocenters. The number of nitrogens with zero attached hydrogens (tertiary/aromatic N) is 2. The van der Waals surface area contributed by atoms with E-state index in [2.05, 4.69) is 9.97 Å². The van der Waals surface area contributed by atoms with E-state index in [-0.39, 0.29) is 30.7 Å². The molecule has 5 nitrogen and oxygen atoms in total. The standard InChI is InChI=1S/C20H22N4OS.2ClH/c21-11-14-9-10-24(12-14)19(25)16-6-2-1-5-15(16)13-26-20-22-17-7-3-4-8-18(17)23-20;;/h1-8,14H,9-13,21H2,(H,22,23);2*1H. The Balaban J connectivity index is 0.00000140. The number of fused-ring (bicyclic) bond motifs is 1. The van der Waals surface area contributed by atoms with E-state index in [1.165, 1.54) is 0 Å². The topological polar surface area (TPSA) is 75.0 Å². The maximum absolute atomic E-state index is 12.9. The van der Waals surface area contributed by atoms with E-state index < -0.39 is 0 Å². The summed E-state index contributed by atoms with van der Waals surface area (Å²) in [6.45, 7) is 2.21. The number of halogens is 2. The molecule has 3 aromatic rings. The average Bonchev–Trinajstić information content (AvgIpc) is 3.32. The SMILES string of the molecule is Cl.Cl.NCC1CCN(C(=O)c2ccccc2CSc2nc3ccccc3[nH]2)C1. The van der Waals surface area contributed by atoms with E-state index in [0.29, 0.717) is 18.2 Å². The first-order valence-corrected chi connectivity index (χ1v) is 9.88. The van der Waals surface area contributed by atoms with Gasteiger partial charge in [-0.05, 0) is 42.6 Å². The first kappa shape index (κ1) is 22.6. The van der Waals surface area contributed by atoms with E-state index in [1.807, 2.05) is 53.4 Å². The number of hydrogen-bond acceptors (Lipinski definition) is 4. The summed E-state index contributed by atoms with van der Waals surface area (Å²) in [5, 5.41) is 0.873. The zero-order chi connectivity index (χ0) is 17.9. The second kappa shape index (κ2) is 10.2. The predicted molar refractivity (Wildman–Crippen MR) is 120 cm³/mol. The van der Waals surface area contributed by atoms with E-state index in [0.717, 1.165) is 46.8 Å². The monoisotopic (exact) mass is 438 g/mol. The highest BCUT2D eigenvalue weighted by Crippen LogP contribution is 2.26. The van der Waals surface area contributed by atoms with Crippen LogP contribution in [0.5, 0.6) is 0 Å². The summed E-state index contributed by atoms with van der Waals surface area (Å²) in [7, 11) is 0. The zero-order valence-corrected chi connectivity index (χ0v) is 17.8. The van der Waals surface area contributed by atoms with E-state index in [1.54, 1.807) is 11.8 Å². The van der Waals surface area contributed by atoms with Gasteiger partial charge in [-0.2, -0.15) is 0 Å². The lowest BCUT2D eigenvalue weighted by molar-refractivity contribution is 0.0787. The van der Waals surface area contributed by atoms with Crippen molar-refractivity contribution in [3.8, 4) is 0 Å². The molecule has 0 radical (unpaired) electrons. The molecule has 4 rings (SSSR count). The van der Waals surface area contributed by atoms with Gasteiger partial charge in [-0.1, -0.05) is 42.1 Å². The first-order chi connectivity index (χ1) is 12.7. The molecule has 8 heteroatoms. The summed E-state index contributed by atoms with van der Waals surface area (Å²) in [4.78, 5) is 22.8. The van der Waals surface area contributed by atoms with E-state index in [4.69, 9.17) is 5.73 Å². The van der Waals surface area contributed by atoms with Gasteiger partial charge in [0.1, 0.15) is 0 Å². The molecule has 0 spiro atoms. The van der Waals surface area contributed by atoms with Crippen molar-refractivity contribution >= 4 is 53.5 Å². The Morgan fingerprint density at radius 1 is 1.18 bits per heavy atom. The van der Waals surface area contributed by atoms with Crippen molar-refractivity contribution in [1.29, 1.82) is 0 Å². The Morgan fingerprint density at radius 2 is 1.93 bits per heavy atom. The number of benzene rings is 2. The largest absolute Gasteiger partial charge is 0.338 e. The Bertz CT molecular complexity index is 900. The van der Waals surface area contributed by atoms with Gasteiger partial charge in [0.05, 0.1) is 11.0 Å². The number of carbonyl (C=O) groups excluding carboxylic acids is 1. The molecular weight excluding hydrogens is 415 g/mol. The third-order valence-corrected chi connectivity index (χ3v) is 5.81. The number of thioether (sulfide) groups is 1. The third kappa shape index (κ3) is 4.81. The lowest BCUT2D eigenvalue weighted by atomic mass is 10.1. The number of H-pyrrole nitrogens is 1. The quantitative estimate of drug-likeness (QED) is 0.587. The third-order valence-electron chi connectivity index (χ3n) is 4.89. The fraction of sp³-hybridized carbons (Fsp3) is 0.300. The van der Waals surface area contributed by atoms with Crippen LogP contribution in [-0.4, -0.2) is 40.4 Å². The summed E-state index contributed by atoms with van der Waals surface area (Å²) < 4.78 is 0. The van der Waals surface area contributed by atoms with Crippen LogP contribution in [0.3, 0.4) is 0 Å². The molecule has 3 N–H and O–H groups in total. The molecule has 28 heavy (non-hydrogen) atoms. The molecule has 0 saturated carbocycles. The van der Waals surface area contributed by atoms with Gasteiger partial charge in [0.25, 0.3) is 5.91 Å². The van der Waals surface area contributed by atoms with Crippen LogP contribution < -0.4 is 5.73 Å². The normalized spacial score (nSPS) is 15.9. The molecule has 2 heterocycles. The highest BCUT2D eigenvalue weighted by molar-refractivity contribution is 7.98. The molecule has 2 aromatic carbocycles. The minimum atomic E-state index is 0. The maximum Gasteiger partial charge on any atom is 0.254 e. The van der Waals surface area contributed by atoms with Crippen LogP contribution in [0.25, 0.3) is 11.0 Å². The molecule has 1 aliphatic rings. The number of aromatic nitrogens is 2. The first-order valence-electron chi connectivity index (χ1n) is 8.89. The number of aromatic amines is 1. The van der Waals surface area contributed by atoms with Crippen molar-refractivity contribution in [3.63, 3.8) is 0 Å². The number of amides is 1. The second-order valence-electron chi connectivity index (χ2n) is 6.65. The highest BCUT2D eigenvalue weighted by atomic mass is 35.5. The number of imidazole rings is 1. The van der Waals surface area contributed by atoms with Crippen LogP contribution in [0.4, 0.5) is 0 Å². The second-order valence-corrected chi connectivity index (χ2v) is 7.61. The number of nitrogens with one attached hydrogen (secondary N) is 1. The number of hydrogen-bond donors (Lipinski definition) is 2. The molecule has 1 fully saturated rings. The average molecular weight is 439 g/mol. The van der Waals surface area contributed by atoms with Gasteiger partial charge < -0.3 is 15.6 Å². The van der Waals surface area contributed by atoms with Gasteiger partial charge in [0.2, 0.25) is 0 Å². The van der Waals surface area contributed by atoms with Gasteiger partial charge in [-0.25, -0.2) is 4.98 Å². The van der Waals surface area contributed by atoms with Gasteiger partial charge in [-0.3, -0.25) is 4.79 Å². The molecule has 1 atom stereocenters. The van der Waals surface area contributed by atoms with Crippen molar-refractivity contribution in [3.05, 3.63) is 59.7 Å². The lowest BCUT2D eigenvalue weighted by Gasteiger charge is -2.18. The Hall–Kier alpha value is -1.73. The van der Waals surface area contributed by atoms with Gasteiger partial charge >= 0.3 is 0 Å². The highest BCUT2D eigenvalue weighted by Gasteiger charge is 2.27. The van der Waals surface area contributed by atoms with Gasteiger partial charge in [0.15, 0.2) is 5.16 Å². The Kier molecular flexibility index (Phi) is 8.19. The number of likely N-dealkylation sites (tertiary alicyclic amines) is 1. The summed E-state index contributed by atoms with van der Waals surface area (Å²) in [5.41, 5.74) is 9.58. The summed E-state index contributed by atoms with van der Waals surface area (Å²) in [6, 6.07) is 15.9. The van der Waals surface area contributed by atoms with Crippen molar-refractivity contribution in [2.24, 2.45) is 11.7 Å². The Morgan fingerprint density at radius 3 is 2.68 bits per heavy atom. The van der Waals surface area contributed by atoms with Crippen molar-refractivity contribution in [1.82, 2.24) is 14.9 Å². The molecule has 0 bridgehead atoms. The van der Waals surface area contributed by atoms with Crippen molar-refractivity contribution in [2.75, 3.05) is 19.6 Å². The number of carbonyl (C=O) groups is 1. The number of rotatable bonds is 5. The summed E-state index contributed by atoms with van der Waals surface area (Å²) in [6.07, 6.45) is 0.998. The van der Waals surface area contributed by atoms with Crippen LogP contribution in [0.2, 0.25) is 0 Å². The van der Waals surface area contributed by atoms with Crippen molar-refractivity contribution < 1.29 is 4.79 Å². The van der Waals surface area contributed by atoms with Crippen LogP contribution in [0, 0.1) is 5.92 Å². The molecular formula is C20H24Cl2N4OS. The smallest absolute Gasteiger partial charge is 0.254 e. The molecule has 1 aliphatic heterocycles. The van der Waals surface area contributed by atoms with E-state index in [9.17, 15) is 4.79 Å². The summed E-state index contributed by atoms with van der Waals surface area (Å²) in [5.74, 6) is 1.24. The van der Waals surface area contributed by atoms with Crippen molar-refractivity contribution in [2.45, 2.75) is 17.3 Å². The predicted octanol–water partition coefficient (Wildman–Crippen LogP) is 4.12. The van der Waals surface area contributed by atoms with Gasteiger partial charge in [-0.15, -0.1) is 24.8 Å². The Labute approximate surface area is 181 Å². The molecule has 0 aliphatic carbocycles. The molecule has 1 saturated heterocycles. The number of para-hydroxylation sites is 2. The molecule has 1 aromatic heterocycles. The number of nitrogens with two attached hydrogens (primary N) is 1. The van der Waals surface area contributed by atoms with Gasteiger partial charge in [0, 0.05) is 24.4 Å². The van der Waals surface area contributed by atoms with Crippen LogP contribution in [-0.2, 0) is 5.75 Å². The molecule has 1 amide bonds. The fourth-order valence-electron chi connectivity index (χ4n) is 3.38. The zero-order valence-electron chi connectivity index (χ0n) is 15.3. The fourth-order valence-corrected chi connectivity index (χ4v) is 4.27. The lowest BCUT2D eigenvalue weighted by Crippen LogP contribution is -2.30. The van der Waals surface area contributed by atoms with Crippen LogP contribution >= 0.6 is 36.6 Å². The molecule has 150 valence electrons. The summed E-state index contributed by atoms with van der Waals surface area (Å²) >= 11 is 1.62.